The SMILES string of the molecule is CCOC(=O)/C(C#N)=C(O)/C(=C\c1ccccc1Cl)NC(=O)c1ccccc1. The molecule has 7 heteroatoms. The molecule has 0 saturated heterocycles. The molecule has 1 amide bonds. The number of hydrogen-bond acceptors (Lipinski definition) is 5. The standard InChI is InChI=1S/C21H17ClN2O4/c1-2-28-21(27)16(13-23)19(25)18(12-15-10-6-7-11-17(15)22)24-20(26)14-8-4-3-5-9-14/h3-12,25H,2H2,1H3,(H,24,26)/b18-12+,19-16-. The van der Waals surface area contributed by atoms with Crippen LogP contribution < -0.4 is 5.32 Å². The van der Waals surface area contributed by atoms with Crippen molar-refractivity contribution in [1.29, 1.82) is 5.26 Å². The number of ether oxygens (including phenoxy) is 1. The van der Waals surface area contributed by atoms with Gasteiger partial charge in [-0.2, -0.15) is 5.26 Å². The molecule has 2 aromatic carbocycles. The van der Waals surface area contributed by atoms with Crippen LogP contribution in [-0.4, -0.2) is 23.6 Å². The van der Waals surface area contributed by atoms with Gasteiger partial charge in [0.1, 0.15) is 6.07 Å². The number of aliphatic hydroxyl groups excluding tert-OH is 1. The first-order valence-electron chi connectivity index (χ1n) is 8.31. The molecular weight excluding hydrogens is 380 g/mol. The number of carbonyl (C=O) groups is 2. The van der Waals surface area contributed by atoms with E-state index in [1.807, 2.05) is 0 Å². The van der Waals surface area contributed by atoms with Crippen LogP contribution in [0.3, 0.4) is 0 Å². The second-order valence-corrected chi connectivity index (χ2v) is 5.86. The van der Waals surface area contributed by atoms with Crippen LogP contribution >= 0.6 is 11.6 Å². The fourth-order valence-electron chi connectivity index (χ4n) is 2.23. The molecular formula is C21H17ClN2O4. The van der Waals surface area contributed by atoms with Crippen molar-refractivity contribution in [2.45, 2.75) is 6.92 Å². The lowest BCUT2D eigenvalue weighted by Crippen LogP contribution is -2.25. The first kappa shape index (κ1) is 20.7. The molecule has 2 aromatic rings. The molecule has 0 radical (unpaired) electrons. The maximum atomic E-state index is 12.5. The van der Waals surface area contributed by atoms with Gasteiger partial charge in [0, 0.05) is 10.6 Å². The van der Waals surface area contributed by atoms with Gasteiger partial charge < -0.3 is 15.2 Å². The summed E-state index contributed by atoms with van der Waals surface area (Å²) in [6.07, 6.45) is 1.37. The predicted octanol–water partition coefficient (Wildman–Crippen LogP) is 4.01. The Morgan fingerprint density at radius 3 is 2.43 bits per heavy atom. The maximum absolute atomic E-state index is 12.5. The average molecular weight is 397 g/mol. The molecule has 0 spiro atoms. The molecule has 2 rings (SSSR count). The molecule has 0 aliphatic carbocycles. The summed E-state index contributed by atoms with van der Waals surface area (Å²) in [5, 5.41) is 22.7. The normalized spacial score (nSPS) is 11.8. The maximum Gasteiger partial charge on any atom is 0.352 e. The second kappa shape index (κ2) is 9.95. The quantitative estimate of drug-likeness (QED) is 0.252. The molecule has 0 bridgehead atoms. The fraction of sp³-hybridized carbons (Fsp3) is 0.0952. The van der Waals surface area contributed by atoms with Crippen molar-refractivity contribution in [3.05, 3.63) is 87.8 Å². The summed E-state index contributed by atoms with van der Waals surface area (Å²) in [5.74, 6) is -2.25. The minimum absolute atomic E-state index is 0.0250. The van der Waals surface area contributed by atoms with Crippen LogP contribution in [-0.2, 0) is 9.53 Å². The van der Waals surface area contributed by atoms with Crippen LogP contribution in [0, 0.1) is 11.3 Å². The monoisotopic (exact) mass is 396 g/mol. The van der Waals surface area contributed by atoms with Crippen molar-refractivity contribution < 1.29 is 19.4 Å². The number of nitrogens with one attached hydrogen (secondary N) is 1. The number of carbonyl (C=O) groups excluding carboxylic acids is 2. The highest BCUT2D eigenvalue weighted by Gasteiger charge is 2.21. The van der Waals surface area contributed by atoms with Crippen molar-refractivity contribution in [1.82, 2.24) is 5.32 Å². The summed E-state index contributed by atoms with van der Waals surface area (Å²) in [5.41, 5.74) is 0.00954. The first-order chi connectivity index (χ1) is 13.5. The van der Waals surface area contributed by atoms with E-state index in [4.69, 9.17) is 16.3 Å². The van der Waals surface area contributed by atoms with Crippen molar-refractivity contribution in [3.63, 3.8) is 0 Å². The van der Waals surface area contributed by atoms with Crippen LogP contribution in [0.5, 0.6) is 0 Å². The molecule has 2 N–H and O–H groups in total. The third-order valence-electron chi connectivity index (χ3n) is 3.57. The zero-order valence-electron chi connectivity index (χ0n) is 15.0. The lowest BCUT2D eigenvalue weighted by Gasteiger charge is -2.12. The number of rotatable bonds is 6. The molecule has 0 aromatic heterocycles. The topological polar surface area (TPSA) is 99.4 Å². The lowest BCUT2D eigenvalue weighted by molar-refractivity contribution is -0.138. The minimum atomic E-state index is -0.999. The van der Waals surface area contributed by atoms with Crippen LogP contribution in [0.2, 0.25) is 5.02 Å². The number of nitrogens with zero attached hydrogens (tertiary/aromatic N) is 1. The number of benzene rings is 2. The van der Waals surface area contributed by atoms with Gasteiger partial charge in [0.25, 0.3) is 5.91 Å². The number of amides is 1. The Morgan fingerprint density at radius 2 is 1.82 bits per heavy atom. The van der Waals surface area contributed by atoms with E-state index < -0.39 is 23.2 Å². The van der Waals surface area contributed by atoms with Gasteiger partial charge in [0.15, 0.2) is 11.3 Å². The molecule has 28 heavy (non-hydrogen) atoms. The third kappa shape index (κ3) is 5.22. The van der Waals surface area contributed by atoms with Crippen molar-refractivity contribution in [2.75, 3.05) is 6.61 Å². The summed E-state index contributed by atoms with van der Waals surface area (Å²) < 4.78 is 4.78. The second-order valence-electron chi connectivity index (χ2n) is 5.46. The van der Waals surface area contributed by atoms with Gasteiger partial charge in [0.05, 0.1) is 12.3 Å². The smallest absolute Gasteiger partial charge is 0.352 e. The summed E-state index contributed by atoms with van der Waals surface area (Å²) in [6.45, 7) is 1.60. The highest BCUT2D eigenvalue weighted by Crippen LogP contribution is 2.21. The lowest BCUT2D eigenvalue weighted by atomic mass is 10.1. The molecule has 0 aliphatic heterocycles. The van der Waals surface area contributed by atoms with Crippen molar-refractivity contribution >= 4 is 29.6 Å². The Morgan fingerprint density at radius 1 is 1.18 bits per heavy atom. The number of esters is 1. The summed E-state index contributed by atoms with van der Waals surface area (Å²) >= 11 is 6.14. The Labute approximate surface area is 167 Å². The predicted molar refractivity (Wildman–Crippen MR) is 105 cm³/mol. The van der Waals surface area contributed by atoms with Crippen molar-refractivity contribution in [3.8, 4) is 6.07 Å². The first-order valence-corrected chi connectivity index (χ1v) is 8.69. The van der Waals surface area contributed by atoms with Crippen LogP contribution in [0.4, 0.5) is 0 Å². The average Bonchev–Trinajstić information content (AvgIpc) is 2.70. The largest absolute Gasteiger partial charge is 0.504 e. The minimum Gasteiger partial charge on any atom is -0.504 e. The summed E-state index contributed by atoms with van der Waals surface area (Å²) in [6, 6.07) is 16.6. The van der Waals surface area contributed by atoms with Gasteiger partial charge in [-0.15, -0.1) is 0 Å². The highest BCUT2D eigenvalue weighted by atomic mass is 35.5. The summed E-state index contributed by atoms with van der Waals surface area (Å²) in [7, 11) is 0. The molecule has 0 unspecified atom stereocenters. The van der Waals surface area contributed by atoms with Gasteiger partial charge in [-0.1, -0.05) is 48.0 Å². The molecule has 0 heterocycles. The Bertz CT molecular complexity index is 975. The number of aliphatic hydroxyl groups is 1. The van der Waals surface area contributed by atoms with E-state index in [1.165, 1.54) is 6.08 Å². The van der Waals surface area contributed by atoms with Gasteiger partial charge in [0.2, 0.25) is 0 Å². The van der Waals surface area contributed by atoms with E-state index in [2.05, 4.69) is 5.32 Å². The Balaban J connectivity index is 2.53. The molecule has 0 saturated carbocycles. The zero-order valence-corrected chi connectivity index (χ0v) is 15.7. The third-order valence-corrected chi connectivity index (χ3v) is 3.92. The number of hydrogen-bond donors (Lipinski definition) is 2. The molecule has 0 aliphatic rings. The van der Waals surface area contributed by atoms with E-state index in [9.17, 15) is 20.0 Å². The number of nitriles is 1. The van der Waals surface area contributed by atoms with Gasteiger partial charge >= 0.3 is 5.97 Å². The molecule has 0 atom stereocenters. The van der Waals surface area contributed by atoms with Crippen LogP contribution in [0.25, 0.3) is 6.08 Å². The van der Waals surface area contributed by atoms with Gasteiger partial charge in [-0.25, -0.2) is 4.79 Å². The Hall–Kier alpha value is -3.56. The van der Waals surface area contributed by atoms with Gasteiger partial charge in [-0.05, 0) is 36.8 Å². The molecule has 6 nitrogen and oxygen atoms in total. The zero-order chi connectivity index (χ0) is 20.5. The number of halogens is 1. The Kier molecular flexibility index (Phi) is 7.37. The highest BCUT2D eigenvalue weighted by molar-refractivity contribution is 6.32. The van der Waals surface area contributed by atoms with E-state index in [0.29, 0.717) is 16.1 Å². The van der Waals surface area contributed by atoms with E-state index >= 15 is 0 Å². The van der Waals surface area contributed by atoms with Crippen LogP contribution in [0.15, 0.2) is 71.6 Å². The van der Waals surface area contributed by atoms with E-state index in [-0.39, 0.29) is 12.3 Å². The van der Waals surface area contributed by atoms with Crippen molar-refractivity contribution in [2.24, 2.45) is 0 Å². The van der Waals surface area contributed by atoms with E-state index in [0.717, 1.165) is 0 Å². The van der Waals surface area contributed by atoms with E-state index in [1.54, 1.807) is 67.6 Å². The van der Waals surface area contributed by atoms with Gasteiger partial charge in [-0.3, -0.25) is 4.79 Å². The fourth-order valence-corrected chi connectivity index (χ4v) is 2.42. The molecule has 142 valence electrons. The van der Waals surface area contributed by atoms with Crippen LogP contribution in [0.1, 0.15) is 22.8 Å². The molecule has 0 fully saturated rings. The summed E-state index contributed by atoms with van der Waals surface area (Å²) in [4.78, 5) is 24.5.